The van der Waals surface area contributed by atoms with Crippen molar-refractivity contribution in [3.8, 4) is 18.3 Å². The lowest BCUT2D eigenvalue weighted by molar-refractivity contribution is 0.617. The second-order valence-electron chi connectivity index (χ2n) is 1.84. The van der Waals surface area contributed by atoms with E-state index < -0.39 is 0 Å². The molecule has 2 nitrogen and oxygen atoms in total. The first kappa shape index (κ1) is 10.3. The topological polar surface area (TPSA) is 44.0 Å². The lowest BCUT2D eigenvalue weighted by Gasteiger charge is -1.80. The number of hydrogen-bond donors (Lipinski definition) is 1. The van der Waals surface area contributed by atoms with Crippen LogP contribution in [0.2, 0.25) is 0 Å². The van der Waals surface area contributed by atoms with Crippen LogP contribution in [0.25, 0.3) is 0 Å². The average molecular weight is 157 g/mol. The van der Waals surface area contributed by atoms with Crippen LogP contribution in [0.3, 0.4) is 0 Å². The number of benzene rings is 1. The quantitative estimate of drug-likeness (QED) is 0.439. The van der Waals surface area contributed by atoms with Crippen molar-refractivity contribution in [2.75, 3.05) is 0 Å². The zero-order chi connectivity index (χ0) is 9.23. The Balaban J connectivity index is 0.000000261. The molecule has 0 atom stereocenters. The molecule has 0 unspecified atom stereocenters. The molecule has 1 rings (SSSR count). The zero-order valence-corrected chi connectivity index (χ0v) is 6.57. The normalized spacial score (nSPS) is 6.58. The Labute approximate surface area is 72.7 Å². The Hall–Kier alpha value is -1.71. The van der Waals surface area contributed by atoms with Gasteiger partial charge in [-0.15, -0.1) is 12.2 Å². The average Bonchev–Trinajstić information content (AvgIpc) is 2.19. The first-order valence-electron chi connectivity index (χ1n) is 3.34. The third-order valence-electron chi connectivity index (χ3n) is 0.994. The predicted molar refractivity (Wildman–Crippen MR) is 49.4 cm³/mol. The van der Waals surface area contributed by atoms with Gasteiger partial charge in [-0.2, -0.15) is 5.26 Å². The number of rotatable bonds is 0. The molecule has 0 fully saturated rings. The summed E-state index contributed by atoms with van der Waals surface area (Å²) in [5.74, 6) is 1.99. The van der Waals surface area contributed by atoms with Crippen molar-refractivity contribution in [3.63, 3.8) is 0 Å². The van der Waals surface area contributed by atoms with Crippen molar-refractivity contribution < 1.29 is 5.02 Å². The Kier molecular flexibility index (Phi) is 6.35. The van der Waals surface area contributed by atoms with Gasteiger partial charge in [-0.1, -0.05) is 18.2 Å². The Bertz CT molecular complexity index is 284. The predicted octanol–water partition coefficient (Wildman–Crippen LogP) is 0.479. The maximum atomic E-state index is 8.29. The van der Waals surface area contributed by atoms with E-state index in [2.05, 4.69) is 6.42 Å². The molecule has 12 heavy (non-hydrogen) atoms. The second-order valence-corrected chi connectivity index (χ2v) is 1.84. The Morgan fingerprint density at radius 1 is 1.33 bits per heavy atom. The van der Waals surface area contributed by atoms with Gasteiger partial charge in [-0.05, 0) is 12.1 Å². The van der Waals surface area contributed by atoms with Gasteiger partial charge in [0.25, 0.3) is 0 Å². The number of terminal acetylenes is 1. The van der Waals surface area contributed by atoms with Crippen molar-refractivity contribution in [2.45, 2.75) is 0 Å². The summed E-state index contributed by atoms with van der Waals surface area (Å²) in [6.45, 7) is 0. The third kappa shape index (κ3) is 5.11. The first-order chi connectivity index (χ1) is 5.85. The second kappa shape index (κ2) is 7.40. The van der Waals surface area contributed by atoms with E-state index in [0.29, 0.717) is 5.56 Å². The summed E-state index contributed by atoms with van der Waals surface area (Å²) in [7, 11) is -0.153. The van der Waals surface area contributed by atoms with Crippen LogP contribution in [0.1, 0.15) is 5.56 Å². The molecular weight excluding hydrogens is 149 g/mol. The summed E-state index contributed by atoms with van der Waals surface area (Å²) in [6, 6.07) is 11.2. The van der Waals surface area contributed by atoms with Crippen molar-refractivity contribution in [1.82, 2.24) is 0 Å². The van der Waals surface area contributed by atoms with Gasteiger partial charge in [0.2, 0.25) is 0 Å². The molecule has 0 bridgehead atoms. The van der Waals surface area contributed by atoms with Crippen LogP contribution in [0, 0.1) is 23.6 Å². The van der Waals surface area contributed by atoms with Gasteiger partial charge in [-0.3, -0.25) is 0 Å². The van der Waals surface area contributed by atoms with Gasteiger partial charge in [0, 0.05) is 0 Å². The zero-order valence-electron chi connectivity index (χ0n) is 6.57. The van der Waals surface area contributed by atoms with E-state index in [9.17, 15) is 0 Å². The highest BCUT2D eigenvalue weighted by atomic mass is 16.2. The number of nitrogens with zero attached hydrogens (tertiary/aromatic N) is 1. The van der Waals surface area contributed by atoms with Crippen LogP contribution in [-0.4, -0.2) is 12.5 Å². The molecule has 0 spiro atoms. The maximum absolute atomic E-state index is 8.29. The molecule has 0 saturated carbocycles. The summed E-state index contributed by atoms with van der Waals surface area (Å²) < 4.78 is 0. The lowest BCUT2D eigenvalue weighted by atomic mass is 10.1. The van der Waals surface area contributed by atoms with Gasteiger partial charge in [0.15, 0.2) is 0 Å². The first-order valence-corrected chi connectivity index (χ1v) is 3.34. The summed E-state index contributed by atoms with van der Waals surface area (Å²) in [5, 5.41) is 15.9. The molecule has 1 N–H and O–H groups in total. The molecule has 0 aliphatic rings. The molecule has 0 heterocycles. The van der Waals surface area contributed by atoms with E-state index in [1.54, 1.807) is 12.1 Å². The summed E-state index contributed by atoms with van der Waals surface area (Å²) >= 11 is 0. The fraction of sp³-hybridized carbons (Fsp3) is 0. The van der Waals surface area contributed by atoms with Crippen LogP contribution in [-0.2, 0) is 0 Å². The van der Waals surface area contributed by atoms with Gasteiger partial charge in [0.1, 0.15) is 0 Å². The lowest BCUT2D eigenvalue weighted by Crippen LogP contribution is -1.73. The Morgan fingerprint density at radius 3 is 2.08 bits per heavy atom. The molecule has 0 aliphatic heterocycles. The monoisotopic (exact) mass is 157 g/mol. The third-order valence-corrected chi connectivity index (χ3v) is 0.994. The van der Waals surface area contributed by atoms with Crippen molar-refractivity contribution in [2.24, 2.45) is 0 Å². The maximum Gasteiger partial charge on any atom is 0.358 e. The molecule has 0 radical (unpaired) electrons. The smallest absolute Gasteiger partial charge is 0.358 e. The van der Waals surface area contributed by atoms with E-state index in [1.165, 1.54) is 0 Å². The van der Waals surface area contributed by atoms with Gasteiger partial charge >= 0.3 is 7.48 Å². The van der Waals surface area contributed by atoms with Gasteiger partial charge < -0.3 is 5.02 Å². The van der Waals surface area contributed by atoms with Gasteiger partial charge in [-0.25, -0.2) is 0 Å². The van der Waals surface area contributed by atoms with Crippen LogP contribution in [0.15, 0.2) is 30.3 Å². The largest absolute Gasteiger partial charge is 0.443 e. The molecule has 58 valence electrons. The van der Waals surface area contributed by atoms with Crippen LogP contribution in [0.4, 0.5) is 0 Å². The summed E-state index contributed by atoms with van der Waals surface area (Å²) in [5.41, 5.74) is 0.715. The van der Waals surface area contributed by atoms with Crippen molar-refractivity contribution in [1.29, 1.82) is 5.26 Å². The van der Waals surface area contributed by atoms with Crippen LogP contribution in [0.5, 0.6) is 0 Å². The van der Waals surface area contributed by atoms with Crippen LogP contribution >= 0.6 is 0 Å². The number of hydrogen-bond acceptors (Lipinski definition) is 2. The molecular formula is C9H8BNO. The fourth-order valence-electron chi connectivity index (χ4n) is 0.513. The van der Waals surface area contributed by atoms with Crippen LogP contribution < -0.4 is 0 Å². The van der Waals surface area contributed by atoms with E-state index >= 15 is 0 Å². The van der Waals surface area contributed by atoms with Gasteiger partial charge in [0.05, 0.1) is 11.6 Å². The highest BCUT2D eigenvalue weighted by Crippen LogP contribution is 1.92. The molecule has 3 heteroatoms. The molecule has 0 saturated heterocycles. The standard InChI is InChI=1S/C7H5N.C2H3BO/c8-6-7-4-2-1-3-5-7;1-2-3-4/h1-5H;1,3-4H. The highest BCUT2D eigenvalue weighted by molar-refractivity contribution is 6.36. The fourth-order valence-corrected chi connectivity index (χ4v) is 0.513. The SMILES string of the molecule is C#CBO.N#Cc1ccccc1. The molecule has 1 aromatic carbocycles. The van der Waals surface area contributed by atoms with E-state index in [1.807, 2.05) is 30.1 Å². The molecule has 0 aromatic heterocycles. The van der Waals surface area contributed by atoms with E-state index in [0.717, 1.165) is 0 Å². The minimum absolute atomic E-state index is 0.153. The minimum atomic E-state index is -0.153. The number of nitriles is 1. The Morgan fingerprint density at radius 2 is 1.83 bits per heavy atom. The van der Waals surface area contributed by atoms with Crippen molar-refractivity contribution >= 4 is 7.48 Å². The molecule has 0 amide bonds. The minimum Gasteiger partial charge on any atom is -0.443 e. The van der Waals surface area contributed by atoms with Crippen molar-refractivity contribution in [3.05, 3.63) is 35.9 Å². The van der Waals surface area contributed by atoms with E-state index in [4.69, 9.17) is 10.3 Å². The molecule has 1 aromatic rings. The van der Waals surface area contributed by atoms with E-state index in [-0.39, 0.29) is 7.48 Å². The molecule has 0 aliphatic carbocycles. The highest BCUT2D eigenvalue weighted by Gasteiger charge is 1.79. The summed E-state index contributed by atoms with van der Waals surface area (Å²) in [4.78, 5) is 0. The summed E-state index contributed by atoms with van der Waals surface area (Å²) in [6.07, 6.45) is 4.53.